The molecular weight excluding hydrogens is 206 g/mol. The first-order chi connectivity index (χ1) is 7.31. The Morgan fingerprint density at radius 1 is 1.47 bits per heavy atom. The molecule has 0 spiro atoms. The van der Waals surface area contributed by atoms with E-state index in [1.165, 1.54) is 36.1 Å². The topological polar surface area (TPSA) is 28.2 Å². The van der Waals surface area contributed by atoms with Gasteiger partial charge in [0.1, 0.15) is 0 Å². The largest absolute Gasteiger partial charge is 0.316 e. The Morgan fingerprint density at radius 3 is 2.80 bits per heavy atom. The molecule has 0 saturated carbocycles. The minimum atomic E-state index is 0.902. The monoisotopic (exact) mass is 223 g/mol. The first kappa shape index (κ1) is 9.75. The number of hydrogen-bond donors (Lipinski definition) is 1. The van der Waals surface area contributed by atoms with Crippen LogP contribution in [0.25, 0.3) is 0 Å². The second-order valence-electron chi connectivity index (χ2n) is 4.72. The molecule has 2 aliphatic rings. The van der Waals surface area contributed by atoms with Crippen LogP contribution < -0.4 is 5.32 Å². The van der Waals surface area contributed by atoms with Crippen molar-refractivity contribution in [3.63, 3.8) is 0 Å². The molecule has 2 aliphatic heterocycles. The SMILES string of the molecule is Cc1ncc(CN2CC3CNCC3C2)s1. The zero-order valence-corrected chi connectivity index (χ0v) is 9.89. The maximum Gasteiger partial charge on any atom is 0.0897 e. The third-order valence-electron chi connectivity index (χ3n) is 3.51. The van der Waals surface area contributed by atoms with Crippen LogP contribution in [0.1, 0.15) is 9.88 Å². The lowest BCUT2D eigenvalue weighted by Crippen LogP contribution is -2.25. The van der Waals surface area contributed by atoms with E-state index in [-0.39, 0.29) is 0 Å². The van der Waals surface area contributed by atoms with Crippen LogP contribution in [-0.4, -0.2) is 36.1 Å². The summed E-state index contributed by atoms with van der Waals surface area (Å²) in [6.07, 6.45) is 2.03. The summed E-state index contributed by atoms with van der Waals surface area (Å²) in [6.45, 7) is 8.18. The zero-order valence-electron chi connectivity index (χ0n) is 9.07. The van der Waals surface area contributed by atoms with Gasteiger partial charge in [-0.05, 0) is 31.8 Å². The Kier molecular flexibility index (Phi) is 2.50. The summed E-state index contributed by atoms with van der Waals surface area (Å²) in [5.41, 5.74) is 0. The molecule has 82 valence electrons. The third-order valence-corrected chi connectivity index (χ3v) is 4.41. The van der Waals surface area contributed by atoms with Gasteiger partial charge < -0.3 is 5.32 Å². The minimum Gasteiger partial charge on any atom is -0.316 e. The van der Waals surface area contributed by atoms with E-state index in [0.717, 1.165) is 18.4 Å². The number of thiazole rings is 1. The lowest BCUT2D eigenvalue weighted by Gasteiger charge is -2.15. The summed E-state index contributed by atoms with van der Waals surface area (Å²) in [7, 11) is 0. The first-order valence-corrected chi connectivity index (χ1v) is 6.47. The smallest absolute Gasteiger partial charge is 0.0897 e. The van der Waals surface area contributed by atoms with Crippen molar-refractivity contribution in [2.75, 3.05) is 26.2 Å². The van der Waals surface area contributed by atoms with E-state index in [9.17, 15) is 0 Å². The molecular formula is C11H17N3S. The van der Waals surface area contributed by atoms with Crippen LogP contribution in [0.2, 0.25) is 0 Å². The van der Waals surface area contributed by atoms with Crippen LogP contribution in [0.5, 0.6) is 0 Å². The fraction of sp³-hybridized carbons (Fsp3) is 0.727. The van der Waals surface area contributed by atoms with Crippen molar-refractivity contribution in [1.82, 2.24) is 15.2 Å². The lowest BCUT2D eigenvalue weighted by atomic mass is 10.0. The van der Waals surface area contributed by atoms with E-state index in [1.54, 1.807) is 0 Å². The van der Waals surface area contributed by atoms with Crippen LogP contribution in [0.4, 0.5) is 0 Å². The van der Waals surface area contributed by atoms with Gasteiger partial charge in [0.25, 0.3) is 0 Å². The van der Waals surface area contributed by atoms with E-state index >= 15 is 0 Å². The average Bonchev–Trinajstić information content (AvgIpc) is 2.81. The fourth-order valence-electron chi connectivity index (χ4n) is 2.78. The second-order valence-corrected chi connectivity index (χ2v) is 6.04. The Hall–Kier alpha value is -0.450. The maximum atomic E-state index is 4.31. The molecule has 1 aromatic heterocycles. The van der Waals surface area contributed by atoms with Crippen molar-refractivity contribution in [3.05, 3.63) is 16.1 Å². The van der Waals surface area contributed by atoms with E-state index < -0.39 is 0 Å². The predicted octanol–water partition coefficient (Wildman–Crippen LogP) is 1.10. The van der Waals surface area contributed by atoms with Gasteiger partial charge >= 0.3 is 0 Å². The number of fused-ring (bicyclic) bond motifs is 1. The van der Waals surface area contributed by atoms with Crippen LogP contribution >= 0.6 is 11.3 Å². The number of nitrogens with zero attached hydrogens (tertiary/aromatic N) is 2. The summed E-state index contributed by atoms with van der Waals surface area (Å²) >= 11 is 1.83. The Balaban J connectivity index is 1.61. The van der Waals surface area contributed by atoms with Crippen molar-refractivity contribution in [3.8, 4) is 0 Å². The number of aryl methyl sites for hydroxylation is 1. The highest BCUT2D eigenvalue weighted by Crippen LogP contribution is 2.28. The van der Waals surface area contributed by atoms with Crippen LogP contribution in [-0.2, 0) is 6.54 Å². The number of rotatable bonds is 2. The summed E-state index contributed by atoms with van der Waals surface area (Å²) < 4.78 is 0. The second kappa shape index (κ2) is 3.85. The molecule has 2 unspecified atom stereocenters. The molecule has 4 heteroatoms. The van der Waals surface area contributed by atoms with Crippen molar-refractivity contribution < 1.29 is 0 Å². The third kappa shape index (κ3) is 1.94. The van der Waals surface area contributed by atoms with Crippen molar-refractivity contribution in [2.24, 2.45) is 11.8 Å². The molecule has 3 rings (SSSR count). The Bertz CT molecular complexity index is 337. The highest BCUT2D eigenvalue weighted by Gasteiger charge is 2.35. The summed E-state index contributed by atoms with van der Waals surface area (Å²) in [5, 5.41) is 4.66. The summed E-state index contributed by atoms with van der Waals surface area (Å²) in [6, 6.07) is 0. The lowest BCUT2D eigenvalue weighted by molar-refractivity contribution is 0.308. The standard InChI is InChI=1S/C11H17N3S/c1-8-13-4-11(15-8)7-14-5-9-2-12-3-10(9)6-14/h4,9-10,12H,2-3,5-7H2,1H3. The molecule has 2 saturated heterocycles. The van der Waals surface area contributed by atoms with Crippen molar-refractivity contribution >= 4 is 11.3 Å². The molecule has 15 heavy (non-hydrogen) atoms. The molecule has 0 radical (unpaired) electrons. The quantitative estimate of drug-likeness (QED) is 0.814. The van der Waals surface area contributed by atoms with E-state index in [4.69, 9.17) is 0 Å². The predicted molar refractivity (Wildman–Crippen MR) is 62.0 cm³/mol. The first-order valence-electron chi connectivity index (χ1n) is 5.65. The molecule has 0 amide bonds. The van der Waals surface area contributed by atoms with E-state index in [2.05, 4.69) is 22.1 Å². The zero-order chi connectivity index (χ0) is 10.3. The van der Waals surface area contributed by atoms with E-state index in [1.807, 2.05) is 17.5 Å². The molecule has 2 fully saturated rings. The van der Waals surface area contributed by atoms with Gasteiger partial charge in [-0.1, -0.05) is 0 Å². The molecule has 0 aromatic carbocycles. The highest BCUT2D eigenvalue weighted by molar-refractivity contribution is 7.11. The van der Waals surface area contributed by atoms with Gasteiger partial charge in [0.05, 0.1) is 5.01 Å². The van der Waals surface area contributed by atoms with E-state index in [0.29, 0.717) is 0 Å². The molecule has 1 N–H and O–H groups in total. The van der Waals surface area contributed by atoms with Gasteiger partial charge in [-0.25, -0.2) is 4.98 Å². The highest BCUT2D eigenvalue weighted by atomic mass is 32.1. The van der Waals surface area contributed by atoms with Gasteiger partial charge in [0.15, 0.2) is 0 Å². The van der Waals surface area contributed by atoms with Crippen LogP contribution in [0, 0.1) is 18.8 Å². The number of hydrogen-bond acceptors (Lipinski definition) is 4. The number of likely N-dealkylation sites (tertiary alicyclic amines) is 1. The maximum absolute atomic E-state index is 4.31. The molecule has 3 nitrogen and oxygen atoms in total. The molecule has 0 bridgehead atoms. The van der Waals surface area contributed by atoms with Crippen molar-refractivity contribution in [2.45, 2.75) is 13.5 Å². The summed E-state index contributed by atoms with van der Waals surface area (Å²) in [4.78, 5) is 8.31. The molecule has 1 aromatic rings. The van der Waals surface area contributed by atoms with Gasteiger partial charge in [-0.15, -0.1) is 11.3 Å². The van der Waals surface area contributed by atoms with Crippen LogP contribution in [0.3, 0.4) is 0 Å². The Morgan fingerprint density at radius 2 is 2.20 bits per heavy atom. The van der Waals surface area contributed by atoms with Gasteiger partial charge in [-0.2, -0.15) is 0 Å². The minimum absolute atomic E-state index is 0.902. The fourth-order valence-corrected chi connectivity index (χ4v) is 3.62. The van der Waals surface area contributed by atoms with Crippen molar-refractivity contribution in [1.29, 1.82) is 0 Å². The Labute approximate surface area is 94.5 Å². The van der Waals surface area contributed by atoms with Gasteiger partial charge in [-0.3, -0.25) is 4.90 Å². The average molecular weight is 223 g/mol. The number of aromatic nitrogens is 1. The normalized spacial score (nSPS) is 31.0. The van der Waals surface area contributed by atoms with Gasteiger partial charge in [0.2, 0.25) is 0 Å². The van der Waals surface area contributed by atoms with Gasteiger partial charge in [0, 0.05) is 30.7 Å². The summed E-state index contributed by atoms with van der Waals surface area (Å²) in [5.74, 6) is 1.80. The molecule has 0 aliphatic carbocycles. The molecule has 2 atom stereocenters. The van der Waals surface area contributed by atoms with Crippen LogP contribution in [0.15, 0.2) is 6.20 Å². The molecule has 3 heterocycles. The number of nitrogens with one attached hydrogen (secondary N) is 1.